The first kappa shape index (κ1) is 26.7. The third-order valence-corrected chi connectivity index (χ3v) is 13.8. The number of nitrogens with zero attached hydrogens (tertiary/aromatic N) is 3. The zero-order valence-electron chi connectivity index (χ0n) is 26.4. The maximum absolute atomic E-state index is 2.64. The summed E-state index contributed by atoms with van der Waals surface area (Å²) in [6, 6.07) is 58.0. The molecule has 222 valence electrons. The van der Waals surface area contributed by atoms with Gasteiger partial charge in [-0.2, -0.15) is 0 Å². The van der Waals surface area contributed by atoms with Crippen LogP contribution in [-0.2, 0) is 0 Å². The summed E-state index contributed by atoms with van der Waals surface area (Å²) in [5.41, 5.74) is 14.4. The van der Waals surface area contributed by atoms with Crippen LogP contribution in [0, 0.1) is 0 Å². The molecule has 0 aliphatic carbocycles. The van der Waals surface area contributed by atoms with Gasteiger partial charge in [-0.3, -0.25) is 0 Å². The average molecular weight is 618 g/mol. The lowest BCUT2D eigenvalue weighted by Crippen LogP contribution is -2.57. The van der Waals surface area contributed by atoms with Crippen LogP contribution in [0.25, 0.3) is 22.1 Å². The van der Waals surface area contributed by atoms with Crippen molar-refractivity contribution in [1.29, 1.82) is 0 Å². The number of fused-ring (bicyclic) bond motifs is 7. The molecule has 4 heterocycles. The summed E-state index contributed by atoms with van der Waals surface area (Å²) in [6.07, 6.45) is 0. The van der Waals surface area contributed by atoms with E-state index in [9.17, 15) is 0 Å². The van der Waals surface area contributed by atoms with Crippen LogP contribution in [0.4, 0.5) is 28.4 Å². The van der Waals surface area contributed by atoms with Gasteiger partial charge in [-0.1, -0.05) is 110 Å². The molecule has 0 spiro atoms. The molecule has 0 radical (unpaired) electrons. The predicted octanol–water partition coefficient (Wildman–Crippen LogP) is 8.59. The minimum absolute atomic E-state index is 0.107. The van der Waals surface area contributed by atoms with E-state index in [0.29, 0.717) is 0 Å². The lowest BCUT2D eigenvalue weighted by Gasteiger charge is -2.45. The van der Waals surface area contributed by atoms with Crippen LogP contribution >= 0.6 is 0 Å². The summed E-state index contributed by atoms with van der Waals surface area (Å²) in [4.78, 5) is 5.11. The second-order valence-electron chi connectivity index (χ2n) is 13.3. The van der Waals surface area contributed by atoms with Crippen molar-refractivity contribution >= 4 is 75.8 Å². The summed E-state index contributed by atoms with van der Waals surface area (Å²) in [5, 5.41) is 4.34. The second kappa shape index (κ2) is 9.74. The Balaban J connectivity index is 1.37. The van der Waals surface area contributed by atoms with Crippen LogP contribution in [0.3, 0.4) is 0 Å². The van der Waals surface area contributed by atoms with Crippen LogP contribution < -0.4 is 26.0 Å². The van der Waals surface area contributed by atoms with E-state index in [-0.39, 0.29) is 6.71 Å². The maximum Gasteiger partial charge on any atom is 0.252 e. The topological polar surface area (TPSA) is 11.4 Å². The van der Waals surface area contributed by atoms with Gasteiger partial charge in [0, 0.05) is 50.1 Å². The molecule has 0 N–H and O–H groups in total. The van der Waals surface area contributed by atoms with Crippen LogP contribution in [-0.4, -0.2) is 19.4 Å². The Bertz CT molecular complexity index is 2400. The van der Waals surface area contributed by atoms with E-state index in [1.165, 1.54) is 77.6 Å². The Morgan fingerprint density at radius 2 is 1.02 bits per heavy atom. The first-order chi connectivity index (χ1) is 23.1. The number of para-hydroxylation sites is 5. The van der Waals surface area contributed by atoms with E-state index >= 15 is 0 Å². The number of anilines is 5. The maximum atomic E-state index is 2.64. The summed E-state index contributed by atoms with van der Waals surface area (Å²) in [6.45, 7) is 5.25. The van der Waals surface area contributed by atoms with Gasteiger partial charge in [0.05, 0.1) is 5.52 Å². The smallest absolute Gasteiger partial charge is 0.252 e. The van der Waals surface area contributed by atoms with Crippen LogP contribution in [0.15, 0.2) is 163 Å². The van der Waals surface area contributed by atoms with E-state index < -0.39 is 8.07 Å². The van der Waals surface area contributed by atoms with E-state index in [4.69, 9.17) is 0 Å². The molecule has 3 aliphatic rings. The molecule has 7 aromatic rings. The van der Waals surface area contributed by atoms with Gasteiger partial charge in [-0.25, -0.2) is 0 Å². The van der Waals surface area contributed by atoms with Crippen molar-refractivity contribution in [3.63, 3.8) is 0 Å². The molecule has 3 nitrogen and oxygen atoms in total. The van der Waals surface area contributed by atoms with Gasteiger partial charge in [0.15, 0.2) is 8.07 Å². The minimum Gasteiger partial charge on any atom is -0.319 e. The van der Waals surface area contributed by atoms with E-state index in [1.54, 1.807) is 0 Å². The van der Waals surface area contributed by atoms with E-state index in [2.05, 4.69) is 185 Å². The summed E-state index contributed by atoms with van der Waals surface area (Å²) in [7, 11) is -2.35. The van der Waals surface area contributed by atoms with Gasteiger partial charge in [0.1, 0.15) is 0 Å². The Morgan fingerprint density at radius 1 is 0.489 bits per heavy atom. The molecule has 5 heteroatoms. The molecular weight excluding hydrogens is 585 g/mol. The molecule has 0 atom stereocenters. The average Bonchev–Trinajstić information content (AvgIpc) is 3.59. The highest BCUT2D eigenvalue weighted by Gasteiger charge is 2.55. The lowest BCUT2D eigenvalue weighted by molar-refractivity contribution is 1.15. The lowest BCUT2D eigenvalue weighted by atomic mass is 9.32. The molecule has 10 rings (SSSR count). The van der Waals surface area contributed by atoms with Crippen molar-refractivity contribution in [2.75, 3.05) is 9.80 Å². The fraction of sp³-hybridized carbons (Fsp3) is 0.0476. The van der Waals surface area contributed by atoms with Gasteiger partial charge in [0.2, 0.25) is 0 Å². The monoisotopic (exact) mass is 617 g/mol. The Morgan fingerprint density at radius 3 is 1.72 bits per heavy atom. The molecule has 6 aromatic carbocycles. The van der Waals surface area contributed by atoms with Crippen LogP contribution in [0.1, 0.15) is 5.56 Å². The normalized spacial score (nSPS) is 15.4. The third-order valence-electron chi connectivity index (χ3n) is 10.5. The van der Waals surface area contributed by atoms with Gasteiger partial charge in [0.25, 0.3) is 6.71 Å². The predicted molar refractivity (Wildman–Crippen MR) is 202 cm³/mol. The Hall–Kier alpha value is -5.52. The number of rotatable bonds is 3. The molecular formula is C42H32BN3Si. The van der Waals surface area contributed by atoms with Gasteiger partial charge >= 0.3 is 0 Å². The number of aromatic nitrogens is 1. The molecule has 47 heavy (non-hydrogen) atoms. The Labute approximate surface area is 276 Å². The Kier molecular flexibility index (Phi) is 5.53. The van der Waals surface area contributed by atoms with E-state index in [1.807, 2.05) is 0 Å². The van der Waals surface area contributed by atoms with Crippen molar-refractivity contribution < 1.29 is 0 Å². The van der Waals surface area contributed by atoms with Crippen molar-refractivity contribution in [3.8, 4) is 5.69 Å². The molecule has 0 fully saturated rings. The zero-order chi connectivity index (χ0) is 31.3. The SMILES string of the molecule is C[Si]1(C)C2=C(B3c4ccccc4N(c4ccccc4)c4cccc(c43)N2c2ccccc2)c2c1n(-c1ccccc1)c1ccccc21. The highest BCUT2D eigenvalue weighted by molar-refractivity contribution is 7.11. The number of hydrogen-bond donors (Lipinski definition) is 0. The quantitative estimate of drug-likeness (QED) is 0.184. The van der Waals surface area contributed by atoms with Gasteiger partial charge in [-0.05, 0) is 82.6 Å². The zero-order valence-corrected chi connectivity index (χ0v) is 27.4. The van der Waals surface area contributed by atoms with E-state index in [0.717, 1.165) is 0 Å². The first-order valence-corrected chi connectivity index (χ1v) is 19.5. The largest absolute Gasteiger partial charge is 0.319 e. The standard InChI is InChI=1S/C42H32BN3Si/c1-47(2)41-38(32-23-12-14-25-34(32)45(41)30-19-8-4-9-20-30)40-42(47)46(31-21-10-5-11-22-31)37-28-16-27-36-39(37)43(40)33-24-13-15-26-35(33)44(36)29-17-6-3-7-18-29/h3-28H,1-2H3. The molecule has 0 saturated heterocycles. The van der Waals surface area contributed by atoms with Gasteiger partial charge in [-0.15, -0.1) is 0 Å². The van der Waals surface area contributed by atoms with Gasteiger partial charge < -0.3 is 14.4 Å². The highest BCUT2D eigenvalue weighted by atomic mass is 28.3. The van der Waals surface area contributed by atoms with Crippen molar-refractivity contribution in [3.05, 3.63) is 169 Å². The van der Waals surface area contributed by atoms with Crippen LogP contribution in [0.5, 0.6) is 0 Å². The summed E-state index contributed by atoms with van der Waals surface area (Å²) in [5.74, 6) is 0. The number of benzene rings is 6. The highest BCUT2D eigenvalue weighted by Crippen LogP contribution is 2.52. The summed E-state index contributed by atoms with van der Waals surface area (Å²) >= 11 is 0. The van der Waals surface area contributed by atoms with Crippen molar-refractivity contribution in [1.82, 2.24) is 4.57 Å². The van der Waals surface area contributed by atoms with Crippen LogP contribution in [0.2, 0.25) is 13.1 Å². The number of hydrogen-bond acceptors (Lipinski definition) is 2. The fourth-order valence-electron chi connectivity index (χ4n) is 8.77. The molecule has 0 amide bonds. The molecule has 0 unspecified atom stereocenters. The second-order valence-corrected chi connectivity index (χ2v) is 17.5. The van der Waals surface area contributed by atoms with Crippen molar-refractivity contribution in [2.24, 2.45) is 0 Å². The van der Waals surface area contributed by atoms with Crippen molar-refractivity contribution in [2.45, 2.75) is 13.1 Å². The molecule has 1 aromatic heterocycles. The molecule has 0 bridgehead atoms. The molecule has 3 aliphatic heterocycles. The third kappa shape index (κ3) is 3.52. The minimum atomic E-state index is -2.35. The fourth-order valence-corrected chi connectivity index (χ4v) is 12.4. The first-order valence-electron chi connectivity index (χ1n) is 16.5. The summed E-state index contributed by atoms with van der Waals surface area (Å²) < 4.78 is 2.59. The molecule has 0 saturated carbocycles.